The monoisotopic (exact) mass is 256 g/mol. The van der Waals surface area contributed by atoms with Gasteiger partial charge >= 0.3 is 0 Å². The number of hydrogen-bond donors (Lipinski definition) is 0. The fourth-order valence-electron chi connectivity index (χ4n) is 3.07. The quantitative estimate of drug-likeness (QED) is 0.815. The van der Waals surface area contributed by atoms with Crippen LogP contribution >= 0.6 is 0 Å². The van der Waals surface area contributed by atoms with Gasteiger partial charge in [-0.2, -0.15) is 5.26 Å². The zero-order valence-electron chi connectivity index (χ0n) is 12.2. The lowest BCUT2D eigenvalue weighted by atomic mass is 9.71. The molecule has 1 amide bonds. The molecule has 3 nitrogen and oxygen atoms in total. The van der Waals surface area contributed by atoms with E-state index < -0.39 is 10.8 Å². The van der Waals surface area contributed by atoms with Crippen LogP contribution in [0.1, 0.15) is 38.3 Å². The van der Waals surface area contributed by atoms with Crippen molar-refractivity contribution in [1.82, 2.24) is 0 Å². The van der Waals surface area contributed by atoms with E-state index in [0.29, 0.717) is 6.42 Å². The van der Waals surface area contributed by atoms with Crippen molar-refractivity contribution < 1.29 is 4.79 Å². The van der Waals surface area contributed by atoms with Crippen LogP contribution in [-0.4, -0.2) is 13.0 Å². The average molecular weight is 256 g/mol. The van der Waals surface area contributed by atoms with Crippen LogP contribution in [0.15, 0.2) is 18.2 Å². The summed E-state index contributed by atoms with van der Waals surface area (Å²) in [6, 6.07) is 8.40. The third-order valence-corrected chi connectivity index (χ3v) is 3.98. The number of anilines is 1. The predicted molar refractivity (Wildman–Crippen MR) is 76.0 cm³/mol. The molecule has 1 aromatic rings. The number of amides is 1. The Morgan fingerprint density at radius 2 is 2.05 bits per heavy atom. The SMILES string of the molecule is Cc1ccc2c(c1)N(C)C(=O)[C@@]2(C)CC(C)(C)C#N. The number of nitriles is 1. The molecule has 0 spiro atoms. The van der Waals surface area contributed by atoms with E-state index in [0.717, 1.165) is 16.8 Å². The number of aryl methyl sites for hydroxylation is 1. The van der Waals surface area contributed by atoms with Gasteiger partial charge in [0, 0.05) is 12.7 Å². The topological polar surface area (TPSA) is 44.1 Å². The van der Waals surface area contributed by atoms with Crippen LogP contribution in [0.2, 0.25) is 0 Å². The molecule has 0 N–H and O–H groups in total. The summed E-state index contributed by atoms with van der Waals surface area (Å²) < 4.78 is 0. The van der Waals surface area contributed by atoms with Crippen molar-refractivity contribution in [2.75, 3.05) is 11.9 Å². The standard InChI is InChI=1S/C16H20N2O/c1-11-6-7-12-13(8-11)18(5)14(19)16(12,4)9-15(2,3)10-17/h6-8H,9H2,1-5H3/t16-/m0/s1. The lowest BCUT2D eigenvalue weighted by Gasteiger charge is -2.29. The molecule has 1 aliphatic heterocycles. The van der Waals surface area contributed by atoms with Crippen LogP contribution in [0.4, 0.5) is 5.69 Å². The summed E-state index contributed by atoms with van der Waals surface area (Å²) >= 11 is 0. The third kappa shape index (κ3) is 2.02. The number of nitrogens with zero attached hydrogens (tertiary/aromatic N) is 2. The molecular weight excluding hydrogens is 236 g/mol. The molecule has 0 aliphatic carbocycles. The number of likely N-dealkylation sites (N-methyl/N-ethyl adjacent to an activating group) is 1. The van der Waals surface area contributed by atoms with Gasteiger partial charge in [-0.05, 0) is 51.3 Å². The molecule has 1 aromatic carbocycles. The summed E-state index contributed by atoms with van der Waals surface area (Å²) in [6.07, 6.45) is 0.537. The van der Waals surface area contributed by atoms with Crippen molar-refractivity contribution >= 4 is 11.6 Å². The molecule has 0 saturated carbocycles. The number of rotatable bonds is 2. The van der Waals surface area contributed by atoms with Crippen LogP contribution in [-0.2, 0) is 10.2 Å². The third-order valence-electron chi connectivity index (χ3n) is 3.98. The van der Waals surface area contributed by atoms with Crippen LogP contribution in [0.25, 0.3) is 0 Å². The zero-order chi connectivity index (χ0) is 14.4. The summed E-state index contributed by atoms with van der Waals surface area (Å²) in [6.45, 7) is 7.75. The Labute approximate surface area is 114 Å². The summed E-state index contributed by atoms with van der Waals surface area (Å²) in [5.74, 6) is 0.0800. The molecular formula is C16H20N2O. The number of hydrogen-bond acceptors (Lipinski definition) is 2. The van der Waals surface area contributed by atoms with Gasteiger partial charge in [-0.15, -0.1) is 0 Å². The molecule has 2 rings (SSSR count). The van der Waals surface area contributed by atoms with Crippen molar-refractivity contribution in [3.63, 3.8) is 0 Å². The van der Waals surface area contributed by atoms with Gasteiger partial charge in [0.15, 0.2) is 0 Å². The highest BCUT2D eigenvalue weighted by atomic mass is 16.2. The minimum Gasteiger partial charge on any atom is -0.314 e. The van der Waals surface area contributed by atoms with Crippen molar-refractivity contribution in [2.24, 2.45) is 5.41 Å². The Hall–Kier alpha value is -1.82. The maximum atomic E-state index is 12.6. The molecule has 0 unspecified atom stereocenters. The van der Waals surface area contributed by atoms with Crippen molar-refractivity contribution in [2.45, 2.75) is 39.5 Å². The first-order chi connectivity index (χ1) is 8.71. The molecule has 3 heteroatoms. The molecule has 1 atom stereocenters. The van der Waals surface area contributed by atoms with Crippen molar-refractivity contribution in [1.29, 1.82) is 5.26 Å². The smallest absolute Gasteiger partial charge is 0.237 e. The van der Waals surface area contributed by atoms with Crippen LogP contribution < -0.4 is 4.90 Å². The van der Waals surface area contributed by atoms with E-state index in [9.17, 15) is 10.1 Å². The lowest BCUT2D eigenvalue weighted by Crippen LogP contribution is -2.39. The van der Waals surface area contributed by atoms with E-state index in [4.69, 9.17) is 0 Å². The fourth-order valence-corrected chi connectivity index (χ4v) is 3.07. The van der Waals surface area contributed by atoms with Crippen LogP contribution in [0.3, 0.4) is 0 Å². The van der Waals surface area contributed by atoms with Gasteiger partial charge in [-0.25, -0.2) is 0 Å². The lowest BCUT2D eigenvalue weighted by molar-refractivity contribution is -0.123. The molecule has 1 aliphatic rings. The van der Waals surface area contributed by atoms with Crippen LogP contribution in [0, 0.1) is 23.7 Å². The van der Waals surface area contributed by atoms with E-state index in [-0.39, 0.29) is 5.91 Å². The maximum Gasteiger partial charge on any atom is 0.237 e. The van der Waals surface area contributed by atoms with Gasteiger partial charge < -0.3 is 4.90 Å². The van der Waals surface area contributed by atoms with Gasteiger partial charge in [-0.1, -0.05) is 12.1 Å². The summed E-state index contributed by atoms with van der Waals surface area (Å²) in [5.41, 5.74) is 2.03. The number of fused-ring (bicyclic) bond motifs is 1. The normalized spacial score (nSPS) is 22.3. The average Bonchev–Trinajstić information content (AvgIpc) is 2.51. The molecule has 19 heavy (non-hydrogen) atoms. The molecule has 0 aromatic heterocycles. The minimum atomic E-state index is -0.600. The first-order valence-electron chi connectivity index (χ1n) is 6.52. The Morgan fingerprint density at radius 1 is 1.42 bits per heavy atom. The van der Waals surface area contributed by atoms with Gasteiger partial charge in [-0.3, -0.25) is 4.79 Å². The van der Waals surface area contributed by atoms with Crippen molar-refractivity contribution in [3.05, 3.63) is 29.3 Å². The summed E-state index contributed by atoms with van der Waals surface area (Å²) in [7, 11) is 1.81. The highest BCUT2D eigenvalue weighted by molar-refractivity contribution is 6.07. The van der Waals surface area contributed by atoms with Crippen molar-refractivity contribution in [3.8, 4) is 6.07 Å². The fraction of sp³-hybridized carbons (Fsp3) is 0.500. The number of benzene rings is 1. The molecule has 1 heterocycles. The molecule has 100 valence electrons. The molecule has 0 saturated heterocycles. The number of carbonyl (C=O) groups excluding carboxylic acids is 1. The second-order valence-electron chi connectivity index (χ2n) is 6.39. The summed E-state index contributed by atoms with van der Waals surface area (Å²) in [4.78, 5) is 14.3. The van der Waals surface area contributed by atoms with Gasteiger partial charge in [0.1, 0.15) is 0 Å². The van der Waals surface area contributed by atoms with E-state index in [1.54, 1.807) is 4.90 Å². The largest absolute Gasteiger partial charge is 0.314 e. The van der Waals surface area contributed by atoms with Crippen LogP contribution in [0.5, 0.6) is 0 Å². The van der Waals surface area contributed by atoms with E-state index >= 15 is 0 Å². The van der Waals surface area contributed by atoms with Gasteiger partial charge in [0.2, 0.25) is 5.91 Å². The zero-order valence-corrected chi connectivity index (χ0v) is 12.2. The van der Waals surface area contributed by atoms with Gasteiger partial charge in [0.25, 0.3) is 0 Å². The number of carbonyl (C=O) groups is 1. The maximum absolute atomic E-state index is 12.6. The Balaban J connectivity index is 2.55. The molecule has 0 radical (unpaired) electrons. The highest BCUT2D eigenvalue weighted by Crippen LogP contribution is 2.47. The second kappa shape index (κ2) is 4.09. The minimum absolute atomic E-state index is 0.0800. The first-order valence-corrected chi connectivity index (χ1v) is 6.52. The predicted octanol–water partition coefficient (Wildman–Crippen LogP) is 3.17. The Bertz CT molecular complexity index is 583. The Morgan fingerprint density at radius 3 is 2.63 bits per heavy atom. The van der Waals surface area contributed by atoms with E-state index in [2.05, 4.69) is 6.07 Å². The highest BCUT2D eigenvalue weighted by Gasteiger charge is 2.48. The first kappa shape index (κ1) is 13.6. The van der Waals surface area contributed by atoms with E-state index in [1.165, 1.54) is 0 Å². The second-order valence-corrected chi connectivity index (χ2v) is 6.39. The molecule has 0 bridgehead atoms. The summed E-state index contributed by atoms with van der Waals surface area (Å²) in [5, 5.41) is 9.24. The molecule has 0 fully saturated rings. The van der Waals surface area contributed by atoms with Gasteiger partial charge in [0.05, 0.1) is 16.9 Å². The van der Waals surface area contributed by atoms with E-state index in [1.807, 2.05) is 52.9 Å². The Kier molecular flexibility index (Phi) is 2.93.